The lowest BCUT2D eigenvalue weighted by atomic mass is 9.85. The highest BCUT2D eigenvalue weighted by Gasteiger charge is 2.66. The summed E-state index contributed by atoms with van der Waals surface area (Å²) >= 11 is 0. The van der Waals surface area contributed by atoms with Crippen LogP contribution in [0.1, 0.15) is 92.9 Å². The molecule has 4 fully saturated rings. The van der Waals surface area contributed by atoms with Gasteiger partial charge in [0.2, 0.25) is 21.8 Å². The predicted molar refractivity (Wildman–Crippen MR) is 197 cm³/mol. The minimum Gasteiger partial charge on any atom is -0.444 e. The lowest BCUT2D eigenvalue weighted by Crippen LogP contribution is -2.60. The molecule has 0 aromatic heterocycles. The Labute approximate surface area is 313 Å². The maximum Gasteiger partial charge on any atom is 0.410 e. The molecule has 3 heterocycles. The fourth-order valence-corrected chi connectivity index (χ4v) is 9.50. The lowest BCUT2D eigenvalue weighted by Gasteiger charge is -2.36. The molecule has 2 saturated carbocycles. The van der Waals surface area contributed by atoms with E-state index in [1.165, 1.54) is 4.90 Å². The van der Waals surface area contributed by atoms with Crippen molar-refractivity contribution in [2.45, 2.75) is 122 Å². The van der Waals surface area contributed by atoms with Crippen LogP contribution >= 0.6 is 0 Å². The Hall–Kier alpha value is -3.67. The lowest BCUT2D eigenvalue weighted by molar-refractivity contribution is -0.143. The smallest absolute Gasteiger partial charge is 0.410 e. The molecule has 53 heavy (non-hydrogen) atoms. The molecule has 4 amide bonds. The van der Waals surface area contributed by atoms with E-state index in [9.17, 15) is 27.6 Å². The SMILES string of the molecule is C=C1C(CC)C1(NC(=O)C1CC2CN1C(=O)C(C(C)(C)C)NCOCC(C)(C)CCCCC1=C3CN(CC3=C=C=C1)C(=O)O2)C(=O)NS(=O)(=O)C1CC1. The highest BCUT2D eigenvalue weighted by Crippen LogP contribution is 2.51. The summed E-state index contributed by atoms with van der Waals surface area (Å²) in [6, 6.07) is -1.90. The number of carbonyl (C=O) groups is 4. The summed E-state index contributed by atoms with van der Waals surface area (Å²) in [6.45, 7) is 17.2. The Morgan fingerprint density at radius 3 is 2.55 bits per heavy atom. The summed E-state index contributed by atoms with van der Waals surface area (Å²) < 4.78 is 39.9. The fourth-order valence-electron chi connectivity index (χ4n) is 8.16. The van der Waals surface area contributed by atoms with E-state index in [0.717, 1.165) is 42.4 Å². The first kappa shape index (κ1) is 39.0. The summed E-state index contributed by atoms with van der Waals surface area (Å²) in [7, 11) is -3.91. The van der Waals surface area contributed by atoms with Gasteiger partial charge in [0.15, 0.2) is 0 Å². The molecular formula is C39H55N5O8S. The van der Waals surface area contributed by atoms with Gasteiger partial charge in [0.25, 0.3) is 5.91 Å². The summed E-state index contributed by atoms with van der Waals surface area (Å²) in [4.78, 5) is 59.2. The van der Waals surface area contributed by atoms with Gasteiger partial charge in [0.05, 0.1) is 44.3 Å². The van der Waals surface area contributed by atoms with Crippen molar-refractivity contribution in [3.63, 3.8) is 0 Å². The van der Waals surface area contributed by atoms with Crippen molar-refractivity contribution >= 4 is 33.8 Å². The van der Waals surface area contributed by atoms with Crippen LogP contribution in [0.5, 0.6) is 0 Å². The van der Waals surface area contributed by atoms with Crippen molar-refractivity contribution in [2.75, 3.05) is 33.0 Å². The van der Waals surface area contributed by atoms with Gasteiger partial charge in [-0.25, -0.2) is 13.2 Å². The zero-order valence-corrected chi connectivity index (χ0v) is 32.7. The highest BCUT2D eigenvalue weighted by atomic mass is 32.2. The average molecular weight is 754 g/mol. The van der Waals surface area contributed by atoms with Gasteiger partial charge in [0, 0.05) is 17.9 Å². The first-order valence-corrected chi connectivity index (χ1v) is 20.5. The number of amides is 4. The van der Waals surface area contributed by atoms with Crippen LogP contribution in [0.15, 0.2) is 46.4 Å². The molecule has 5 unspecified atom stereocenters. The number of rotatable bonds is 6. The third kappa shape index (κ3) is 8.08. The first-order valence-electron chi connectivity index (χ1n) is 19.0. The molecule has 4 bridgehead atoms. The molecule has 14 heteroatoms. The van der Waals surface area contributed by atoms with Crippen LogP contribution < -0.4 is 15.4 Å². The molecule has 3 N–H and O–H groups in total. The minimum absolute atomic E-state index is 0.0157. The third-order valence-electron chi connectivity index (χ3n) is 11.5. The second-order valence-corrected chi connectivity index (χ2v) is 19.3. The van der Waals surface area contributed by atoms with Crippen molar-refractivity contribution in [1.82, 2.24) is 25.2 Å². The van der Waals surface area contributed by atoms with Crippen LogP contribution in [0.4, 0.5) is 4.79 Å². The van der Waals surface area contributed by atoms with E-state index < -0.39 is 68.2 Å². The molecule has 13 nitrogen and oxygen atoms in total. The number of carbonyl (C=O) groups excluding carboxylic acids is 4. The zero-order valence-electron chi connectivity index (χ0n) is 31.9. The molecule has 6 aliphatic rings. The number of hydrogen-bond donors (Lipinski definition) is 3. The quantitative estimate of drug-likeness (QED) is 0.272. The molecule has 3 aliphatic carbocycles. The number of hydrogen-bond acceptors (Lipinski definition) is 9. The third-order valence-corrected chi connectivity index (χ3v) is 13.3. The van der Waals surface area contributed by atoms with E-state index >= 15 is 0 Å². The van der Waals surface area contributed by atoms with E-state index in [-0.39, 0.29) is 31.0 Å². The molecule has 290 valence electrons. The molecule has 5 atom stereocenters. The molecule has 0 aromatic carbocycles. The second-order valence-electron chi connectivity index (χ2n) is 17.3. The van der Waals surface area contributed by atoms with E-state index in [1.807, 2.05) is 33.8 Å². The number of sulfonamides is 1. The minimum atomic E-state index is -3.91. The van der Waals surface area contributed by atoms with Crippen LogP contribution in [0, 0.1) is 16.7 Å². The number of nitrogens with zero attached hydrogens (tertiary/aromatic N) is 2. The zero-order chi connectivity index (χ0) is 38.5. The molecular weight excluding hydrogens is 699 g/mol. The van der Waals surface area contributed by atoms with E-state index in [1.54, 1.807) is 4.90 Å². The van der Waals surface area contributed by atoms with Gasteiger partial charge in [-0.2, -0.15) is 0 Å². The van der Waals surface area contributed by atoms with Crippen LogP contribution in [0.25, 0.3) is 0 Å². The molecule has 2 saturated heterocycles. The highest BCUT2D eigenvalue weighted by molar-refractivity contribution is 7.91. The van der Waals surface area contributed by atoms with E-state index in [0.29, 0.717) is 44.5 Å². The number of nitrogens with one attached hydrogen (secondary N) is 3. The Balaban J connectivity index is 1.28. The number of fused-ring (bicyclic) bond motifs is 3. The predicted octanol–water partition coefficient (Wildman–Crippen LogP) is 3.59. The molecule has 0 aromatic rings. The average Bonchev–Trinajstić information content (AvgIpc) is 3.91. The molecule has 0 spiro atoms. The maximum atomic E-state index is 14.5. The summed E-state index contributed by atoms with van der Waals surface area (Å²) in [5.74, 6) is -2.38. The maximum absolute atomic E-state index is 14.5. The summed E-state index contributed by atoms with van der Waals surface area (Å²) in [5.41, 5.74) is 7.43. The summed E-state index contributed by atoms with van der Waals surface area (Å²) in [5, 5.41) is 5.47. The number of ether oxygens (including phenoxy) is 2. The Kier molecular flexibility index (Phi) is 10.7. The Bertz CT molecular complexity index is 1810. The van der Waals surface area contributed by atoms with E-state index in [2.05, 4.69) is 47.2 Å². The van der Waals surface area contributed by atoms with Crippen molar-refractivity contribution < 1.29 is 37.1 Å². The van der Waals surface area contributed by atoms with Gasteiger partial charge in [-0.1, -0.05) is 66.0 Å². The van der Waals surface area contributed by atoms with Crippen LogP contribution in [0.2, 0.25) is 0 Å². The molecule has 0 radical (unpaired) electrons. The van der Waals surface area contributed by atoms with E-state index in [4.69, 9.17) is 9.47 Å². The first-order chi connectivity index (χ1) is 24.9. The van der Waals surface area contributed by atoms with Crippen LogP contribution in [-0.4, -0.2) is 104 Å². The van der Waals surface area contributed by atoms with Gasteiger partial charge in [0.1, 0.15) is 17.7 Å². The summed E-state index contributed by atoms with van der Waals surface area (Å²) in [6.07, 6.45) is 5.69. The Morgan fingerprint density at radius 1 is 1.15 bits per heavy atom. The standard InChI is InChI=1S/C39H55N5O8S/c1-8-30-24(2)39(30,35(47)42-53(49,50)28-15-16-28)41-33(45)31-18-27-20-44(31)34(46)32(37(3,4)5)40-23-51-22-38(6,7)17-10-9-12-25-13-11-14-26-19-43(21-29(25)26)36(48)52-27/h13,27-28,30-32,40H,2,8-10,12,15-23H2,1,3-7H3,(H,41,45)(H,42,47). The molecule has 6 rings (SSSR count). The van der Waals surface area contributed by atoms with Gasteiger partial charge < -0.3 is 19.7 Å². The van der Waals surface area contributed by atoms with Crippen molar-refractivity contribution in [1.29, 1.82) is 0 Å². The van der Waals surface area contributed by atoms with Crippen molar-refractivity contribution in [3.8, 4) is 0 Å². The van der Waals surface area contributed by atoms with Gasteiger partial charge >= 0.3 is 6.09 Å². The fraction of sp³-hybridized carbons (Fsp3) is 0.692. The molecule has 3 aliphatic heterocycles. The van der Waals surface area contributed by atoms with Gasteiger partial charge in [-0.05, 0) is 72.2 Å². The van der Waals surface area contributed by atoms with Crippen molar-refractivity contribution in [3.05, 3.63) is 46.4 Å². The van der Waals surface area contributed by atoms with Crippen LogP contribution in [0.3, 0.4) is 0 Å². The second kappa shape index (κ2) is 14.5. The Morgan fingerprint density at radius 2 is 1.89 bits per heavy atom. The van der Waals surface area contributed by atoms with Crippen molar-refractivity contribution in [2.24, 2.45) is 16.7 Å². The topological polar surface area (TPSA) is 163 Å². The monoisotopic (exact) mass is 753 g/mol. The largest absolute Gasteiger partial charge is 0.444 e. The normalized spacial score (nSPS) is 30.9. The number of allylic oxidation sites excluding steroid dienone is 2. The van der Waals surface area contributed by atoms with Gasteiger partial charge in [-0.15, -0.1) is 0 Å². The van der Waals surface area contributed by atoms with Gasteiger partial charge in [-0.3, -0.25) is 29.3 Å². The van der Waals surface area contributed by atoms with Crippen LogP contribution in [-0.2, 0) is 33.9 Å².